The van der Waals surface area contributed by atoms with Gasteiger partial charge in [-0.25, -0.2) is 0 Å². The summed E-state index contributed by atoms with van der Waals surface area (Å²) >= 11 is 0. The quantitative estimate of drug-likeness (QED) is 0.455. The SMILES string of the molecule is [2H]C([2H])(/C=C1\C[C@H]2C[C@@H](O)[C@H](/C=C/[C@@H](O)C(C)CC#CC)[C@H]2C1)C([2H])([2H])CC(=O)O. The number of allylic oxidation sites excluding steroid dienone is 2. The van der Waals surface area contributed by atoms with Crippen LogP contribution in [0.1, 0.15) is 64.2 Å². The first-order valence-corrected chi connectivity index (χ1v) is 9.24. The minimum absolute atomic E-state index is 0.0224. The number of aliphatic hydroxyl groups excluding tert-OH is 2. The molecule has 1 unspecified atom stereocenters. The van der Waals surface area contributed by atoms with Crippen LogP contribution in [0.4, 0.5) is 0 Å². The van der Waals surface area contributed by atoms with E-state index in [2.05, 4.69) is 11.8 Å². The monoisotopic (exact) mass is 364 g/mol. The Hall–Kier alpha value is -1.57. The molecule has 2 fully saturated rings. The summed E-state index contributed by atoms with van der Waals surface area (Å²) in [7, 11) is 0. The van der Waals surface area contributed by atoms with Crippen molar-refractivity contribution in [2.75, 3.05) is 0 Å². The van der Waals surface area contributed by atoms with Crippen molar-refractivity contribution in [2.24, 2.45) is 23.7 Å². The molecule has 2 saturated carbocycles. The Morgan fingerprint density at radius 3 is 2.92 bits per heavy atom. The number of hydrogen-bond acceptors (Lipinski definition) is 3. The van der Waals surface area contributed by atoms with Gasteiger partial charge in [0, 0.05) is 24.2 Å². The zero-order valence-electron chi connectivity index (χ0n) is 19.5. The maximum Gasteiger partial charge on any atom is 0.303 e. The highest BCUT2D eigenvalue weighted by atomic mass is 16.4. The molecule has 4 heteroatoms. The number of carboxylic acids is 1. The van der Waals surface area contributed by atoms with Crippen molar-refractivity contribution in [1.29, 1.82) is 0 Å². The number of fused-ring (bicyclic) bond motifs is 1. The van der Waals surface area contributed by atoms with Crippen molar-refractivity contribution < 1.29 is 25.6 Å². The predicted molar refractivity (Wildman–Crippen MR) is 102 cm³/mol. The second-order valence-electron chi connectivity index (χ2n) is 7.39. The Morgan fingerprint density at radius 1 is 1.46 bits per heavy atom. The third-order valence-electron chi connectivity index (χ3n) is 5.44. The lowest BCUT2D eigenvalue weighted by Gasteiger charge is -2.19. The standard InChI is InChI=1S/C22H32O4/c1-3-4-7-15(2)20(23)11-10-18-19-13-16(8-5-6-9-22(25)26)12-17(19)14-21(18)24/h8,10-11,15,17-21,23-24H,5-7,9,12-14H2,1-2H3,(H,25,26)/b11-10+,16-8+/t15?,17-,18+,19-,20+,21+/m0/s1/i5D2,6D2. The van der Waals surface area contributed by atoms with E-state index in [0.717, 1.165) is 5.57 Å². The second kappa shape index (κ2) is 9.94. The highest BCUT2D eigenvalue weighted by Gasteiger charge is 2.44. The van der Waals surface area contributed by atoms with E-state index >= 15 is 0 Å². The van der Waals surface area contributed by atoms with Gasteiger partial charge in [-0.3, -0.25) is 4.79 Å². The van der Waals surface area contributed by atoms with Gasteiger partial charge >= 0.3 is 5.97 Å². The molecule has 2 rings (SSSR count). The molecule has 2 aliphatic carbocycles. The average molecular weight is 365 g/mol. The zero-order valence-corrected chi connectivity index (χ0v) is 15.5. The summed E-state index contributed by atoms with van der Waals surface area (Å²) in [6, 6.07) is 0. The maximum atomic E-state index is 10.9. The van der Waals surface area contributed by atoms with Gasteiger partial charge < -0.3 is 15.3 Å². The van der Waals surface area contributed by atoms with Crippen LogP contribution in [0.15, 0.2) is 23.8 Å². The summed E-state index contributed by atoms with van der Waals surface area (Å²) in [6.45, 7) is 3.67. The molecule has 0 radical (unpaired) electrons. The zero-order chi connectivity index (χ0) is 22.7. The second-order valence-corrected chi connectivity index (χ2v) is 7.39. The van der Waals surface area contributed by atoms with E-state index in [1.54, 1.807) is 13.0 Å². The molecule has 144 valence electrons. The molecular formula is C22H32O4. The Bertz CT molecular complexity index is 750. The molecule has 6 atom stereocenters. The van der Waals surface area contributed by atoms with Crippen LogP contribution in [0.5, 0.6) is 0 Å². The van der Waals surface area contributed by atoms with E-state index in [-0.39, 0.29) is 23.7 Å². The van der Waals surface area contributed by atoms with E-state index in [4.69, 9.17) is 10.6 Å². The summed E-state index contributed by atoms with van der Waals surface area (Å²) in [5.41, 5.74) is 0.765. The van der Waals surface area contributed by atoms with E-state index in [9.17, 15) is 15.0 Å². The van der Waals surface area contributed by atoms with Gasteiger partial charge in [0.15, 0.2) is 0 Å². The molecule has 0 bridgehead atoms. The fourth-order valence-corrected chi connectivity index (χ4v) is 3.99. The van der Waals surface area contributed by atoms with Crippen LogP contribution in [-0.2, 0) is 4.79 Å². The van der Waals surface area contributed by atoms with Crippen LogP contribution >= 0.6 is 0 Å². The molecule has 2 aliphatic rings. The molecule has 0 spiro atoms. The Kier molecular flexibility index (Phi) is 5.92. The molecule has 3 N–H and O–H groups in total. The van der Waals surface area contributed by atoms with E-state index in [1.807, 2.05) is 13.0 Å². The molecule has 0 amide bonds. The van der Waals surface area contributed by atoms with Crippen LogP contribution in [0.3, 0.4) is 0 Å². The highest BCUT2D eigenvalue weighted by Crippen LogP contribution is 2.50. The van der Waals surface area contributed by atoms with Gasteiger partial charge in [-0.1, -0.05) is 30.7 Å². The number of rotatable bonds is 8. The summed E-state index contributed by atoms with van der Waals surface area (Å²) in [4.78, 5) is 10.9. The van der Waals surface area contributed by atoms with Crippen molar-refractivity contribution in [1.82, 2.24) is 0 Å². The normalized spacial score (nSPS) is 35.0. The number of carbonyl (C=O) groups is 1. The third-order valence-corrected chi connectivity index (χ3v) is 5.44. The van der Waals surface area contributed by atoms with Crippen LogP contribution in [0.25, 0.3) is 0 Å². The minimum Gasteiger partial charge on any atom is -0.481 e. The lowest BCUT2D eigenvalue weighted by molar-refractivity contribution is -0.137. The molecule has 4 nitrogen and oxygen atoms in total. The third kappa shape index (κ3) is 5.72. The molecular weight excluding hydrogens is 328 g/mol. The van der Waals surface area contributed by atoms with Crippen molar-refractivity contribution >= 4 is 5.97 Å². The van der Waals surface area contributed by atoms with E-state index < -0.39 is 37.3 Å². The fraction of sp³-hybridized carbons (Fsp3) is 0.682. The topological polar surface area (TPSA) is 77.8 Å². The Morgan fingerprint density at radius 2 is 2.23 bits per heavy atom. The van der Waals surface area contributed by atoms with E-state index in [1.165, 1.54) is 6.08 Å². The number of hydrogen-bond donors (Lipinski definition) is 3. The lowest BCUT2D eigenvalue weighted by atomic mass is 9.89. The first-order chi connectivity index (χ1) is 13.9. The van der Waals surface area contributed by atoms with Gasteiger partial charge in [-0.05, 0) is 56.7 Å². The summed E-state index contributed by atoms with van der Waals surface area (Å²) in [5.74, 6) is 4.48. The number of aliphatic carboxylic acids is 1. The number of carboxylic acid groups (broad SMARTS) is 1. The minimum atomic E-state index is -2.51. The highest BCUT2D eigenvalue weighted by molar-refractivity contribution is 5.66. The Labute approximate surface area is 162 Å². The largest absolute Gasteiger partial charge is 0.481 e. The van der Waals surface area contributed by atoms with Gasteiger partial charge in [0.25, 0.3) is 0 Å². The first kappa shape index (κ1) is 15.5. The van der Waals surface area contributed by atoms with Crippen molar-refractivity contribution in [2.45, 2.75) is 70.9 Å². The molecule has 0 heterocycles. The summed E-state index contributed by atoms with van der Waals surface area (Å²) in [6.07, 6.45) is 0.0991. The van der Waals surface area contributed by atoms with Crippen molar-refractivity contribution in [3.05, 3.63) is 23.8 Å². The molecule has 0 aromatic carbocycles. The average Bonchev–Trinajstić information content (AvgIpc) is 3.11. The molecule has 0 aromatic heterocycles. The van der Waals surface area contributed by atoms with Gasteiger partial charge in [-0.15, -0.1) is 11.8 Å². The lowest BCUT2D eigenvalue weighted by Crippen LogP contribution is -2.19. The van der Waals surface area contributed by atoms with Crippen LogP contribution in [0.2, 0.25) is 0 Å². The summed E-state index contributed by atoms with van der Waals surface area (Å²) in [5, 5.41) is 29.6. The Balaban J connectivity index is 2.09. The fourth-order valence-electron chi connectivity index (χ4n) is 3.99. The van der Waals surface area contributed by atoms with Crippen molar-refractivity contribution in [3.8, 4) is 11.8 Å². The predicted octanol–water partition coefficient (Wildman–Crippen LogP) is 3.54. The number of aliphatic hydroxyl groups is 2. The van der Waals surface area contributed by atoms with Crippen LogP contribution in [-0.4, -0.2) is 33.5 Å². The van der Waals surface area contributed by atoms with Crippen molar-refractivity contribution in [3.63, 3.8) is 0 Å². The molecule has 26 heavy (non-hydrogen) atoms. The van der Waals surface area contributed by atoms with Crippen LogP contribution < -0.4 is 0 Å². The smallest absolute Gasteiger partial charge is 0.303 e. The maximum absolute atomic E-state index is 10.9. The summed E-state index contributed by atoms with van der Waals surface area (Å²) < 4.78 is 31.8. The first-order valence-electron chi connectivity index (χ1n) is 11.2. The molecule has 0 aliphatic heterocycles. The molecule has 0 aromatic rings. The van der Waals surface area contributed by atoms with Crippen LogP contribution in [0, 0.1) is 35.5 Å². The van der Waals surface area contributed by atoms with Gasteiger partial charge in [0.05, 0.1) is 12.2 Å². The van der Waals surface area contributed by atoms with E-state index in [0.29, 0.717) is 25.7 Å². The van der Waals surface area contributed by atoms with Gasteiger partial charge in [0.1, 0.15) is 0 Å². The van der Waals surface area contributed by atoms with Gasteiger partial charge in [0.2, 0.25) is 0 Å². The molecule has 0 saturated heterocycles. The van der Waals surface area contributed by atoms with Gasteiger partial charge in [-0.2, -0.15) is 0 Å².